The summed E-state index contributed by atoms with van der Waals surface area (Å²) in [6.45, 7) is 8.30. The van der Waals surface area contributed by atoms with Crippen LogP contribution in [0.1, 0.15) is 51.6 Å². The highest BCUT2D eigenvalue weighted by atomic mass is 32.2. The first-order valence-corrected chi connectivity index (χ1v) is 8.88. The summed E-state index contributed by atoms with van der Waals surface area (Å²) in [5.74, 6) is 0.614. The van der Waals surface area contributed by atoms with Crippen molar-refractivity contribution >= 4 is 17.7 Å². The van der Waals surface area contributed by atoms with Gasteiger partial charge in [-0.1, -0.05) is 32.4 Å². The maximum absolute atomic E-state index is 11.6. The maximum atomic E-state index is 11.6. The fraction of sp³-hybridized carbons (Fsp3) is 0.588. The Bertz CT molecular complexity index is 406. The SMILES string of the molecule is CCCCNC(=O)CSc1ccc(C(C)NCCC)cc1. The highest BCUT2D eigenvalue weighted by Gasteiger charge is 2.05. The van der Waals surface area contributed by atoms with Crippen molar-refractivity contribution in [1.82, 2.24) is 10.6 Å². The van der Waals surface area contributed by atoms with Crippen LogP contribution < -0.4 is 10.6 Å². The van der Waals surface area contributed by atoms with Crippen LogP contribution in [-0.4, -0.2) is 24.7 Å². The average Bonchev–Trinajstić information content (AvgIpc) is 2.51. The lowest BCUT2D eigenvalue weighted by Gasteiger charge is -2.14. The molecular formula is C17H28N2OS. The number of benzene rings is 1. The number of carbonyl (C=O) groups excluding carboxylic acids is 1. The minimum Gasteiger partial charge on any atom is -0.355 e. The first-order valence-electron chi connectivity index (χ1n) is 7.90. The number of unbranched alkanes of at least 4 members (excludes halogenated alkanes) is 1. The van der Waals surface area contributed by atoms with Crippen LogP contribution in [0.5, 0.6) is 0 Å². The summed E-state index contributed by atoms with van der Waals surface area (Å²) in [5, 5.41) is 6.41. The fourth-order valence-electron chi connectivity index (χ4n) is 1.94. The van der Waals surface area contributed by atoms with Gasteiger partial charge in [0, 0.05) is 17.5 Å². The summed E-state index contributed by atoms with van der Waals surface area (Å²) in [7, 11) is 0. The van der Waals surface area contributed by atoms with Gasteiger partial charge in [-0.15, -0.1) is 11.8 Å². The number of hydrogen-bond donors (Lipinski definition) is 2. The number of hydrogen-bond acceptors (Lipinski definition) is 3. The number of amides is 1. The van der Waals surface area contributed by atoms with Crippen molar-refractivity contribution in [2.75, 3.05) is 18.8 Å². The molecule has 1 amide bonds. The second-order valence-corrected chi connectivity index (χ2v) is 6.29. The lowest BCUT2D eigenvalue weighted by atomic mass is 10.1. The van der Waals surface area contributed by atoms with E-state index in [1.807, 2.05) is 0 Å². The Kier molecular flexibility index (Phi) is 9.19. The average molecular weight is 308 g/mol. The Morgan fingerprint density at radius 1 is 1.14 bits per heavy atom. The van der Waals surface area contributed by atoms with Gasteiger partial charge in [0.1, 0.15) is 0 Å². The van der Waals surface area contributed by atoms with Crippen LogP contribution in [-0.2, 0) is 4.79 Å². The normalized spacial score (nSPS) is 12.1. The molecule has 1 unspecified atom stereocenters. The molecule has 0 spiro atoms. The fourth-order valence-corrected chi connectivity index (χ4v) is 2.66. The van der Waals surface area contributed by atoms with Crippen molar-refractivity contribution in [1.29, 1.82) is 0 Å². The van der Waals surface area contributed by atoms with Crippen LogP contribution >= 0.6 is 11.8 Å². The Labute approximate surface area is 133 Å². The lowest BCUT2D eigenvalue weighted by Crippen LogP contribution is -2.25. The van der Waals surface area contributed by atoms with Gasteiger partial charge in [0.05, 0.1) is 5.75 Å². The number of nitrogens with one attached hydrogen (secondary N) is 2. The Morgan fingerprint density at radius 3 is 2.48 bits per heavy atom. The van der Waals surface area contributed by atoms with Crippen LogP contribution in [0.3, 0.4) is 0 Å². The molecule has 0 heterocycles. The summed E-state index contributed by atoms with van der Waals surface area (Å²) in [4.78, 5) is 12.8. The molecule has 1 aromatic carbocycles. The van der Waals surface area contributed by atoms with E-state index >= 15 is 0 Å². The zero-order chi connectivity index (χ0) is 15.5. The Balaban J connectivity index is 2.35. The van der Waals surface area contributed by atoms with E-state index in [-0.39, 0.29) is 5.91 Å². The largest absolute Gasteiger partial charge is 0.355 e. The monoisotopic (exact) mass is 308 g/mol. The summed E-state index contributed by atoms with van der Waals surface area (Å²) < 4.78 is 0. The molecule has 0 saturated heterocycles. The first-order chi connectivity index (χ1) is 10.2. The van der Waals surface area contributed by atoms with E-state index in [0.29, 0.717) is 11.8 Å². The van der Waals surface area contributed by atoms with Gasteiger partial charge in [-0.25, -0.2) is 0 Å². The third-order valence-corrected chi connectivity index (χ3v) is 4.32. The summed E-state index contributed by atoms with van der Waals surface area (Å²) in [5.41, 5.74) is 1.29. The zero-order valence-electron chi connectivity index (χ0n) is 13.4. The number of carbonyl (C=O) groups is 1. The molecule has 0 aliphatic carbocycles. The van der Waals surface area contributed by atoms with Crippen molar-refractivity contribution < 1.29 is 4.79 Å². The first kappa shape index (κ1) is 18.1. The molecular weight excluding hydrogens is 280 g/mol. The number of rotatable bonds is 10. The van der Waals surface area contributed by atoms with Crippen molar-refractivity contribution in [2.45, 2.75) is 51.0 Å². The topological polar surface area (TPSA) is 41.1 Å². The van der Waals surface area contributed by atoms with Crippen LogP contribution in [0.15, 0.2) is 29.2 Å². The molecule has 0 aromatic heterocycles. The predicted molar refractivity (Wildman–Crippen MR) is 91.8 cm³/mol. The number of thioether (sulfide) groups is 1. The second-order valence-electron chi connectivity index (χ2n) is 5.24. The quantitative estimate of drug-likeness (QED) is 0.511. The molecule has 1 rings (SSSR count). The minimum atomic E-state index is 0.121. The van der Waals surface area contributed by atoms with E-state index in [2.05, 4.69) is 55.7 Å². The van der Waals surface area contributed by atoms with E-state index in [1.54, 1.807) is 11.8 Å². The van der Waals surface area contributed by atoms with E-state index in [1.165, 1.54) is 5.56 Å². The van der Waals surface area contributed by atoms with Crippen LogP contribution in [0, 0.1) is 0 Å². The standard InChI is InChI=1S/C17H28N2OS/c1-4-6-12-19-17(20)13-21-16-9-7-15(8-10-16)14(3)18-11-5-2/h7-10,14,18H,4-6,11-13H2,1-3H3,(H,19,20). The van der Waals surface area contributed by atoms with Crippen molar-refractivity contribution in [3.8, 4) is 0 Å². The van der Waals surface area contributed by atoms with Crippen molar-refractivity contribution in [3.63, 3.8) is 0 Å². The van der Waals surface area contributed by atoms with E-state index in [9.17, 15) is 4.79 Å². The van der Waals surface area contributed by atoms with Gasteiger partial charge in [0.2, 0.25) is 5.91 Å². The van der Waals surface area contributed by atoms with Gasteiger partial charge in [0.25, 0.3) is 0 Å². The predicted octanol–water partition coefficient (Wildman–Crippen LogP) is 3.76. The Morgan fingerprint density at radius 2 is 1.86 bits per heavy atom. The molecule has 21 heavy (non-hydrogen) atoms. The molecule has 118 valence electrons. The van der Waals surface area contributed by atoms with Crippen LogP contribution in [0.25, 0.3) is 0 Å². The molecule has 3 nitrogen and oxygen atoms in total. The minimum absolute atomic E-state index is 0.121. The van der Waals surface area contributed by atoms with Gasteiger partial charge >= 0.3 is 0 Å². The molecule has 2 N–H and O–H groups in total. The maximum Gasteiger partial charge on any atom is 0.230 e. The summed E-state index contributed by atoms with van der Waals surface area (Å²) in [6.07, 6.45) is 3.30. The van der Waals surface area contributed by atoms with Gasteiger partial charge in [-0.2, -0.15) is 0 Å². The molecule has 0 bridgehead atoms. The molecule has 1 aromatic rings. The third-order valence-electron chi connectivity index (χ3n) is 3.30. The van der Waals surface area contributed by atoms with Gasteiger partial charge in [0.15, 0.2) is 0 Å². The smallest absolute Gasteiger partial charge is 0.230 e. The molecule has 0 saturated carbocycles. The van der Waals surface area contributed by atoms with Crippen molar-refractivity contribution in [3.05, 3.63) is 29.8 Å². The van der Waals surface area contributed by atoms with Gasteiger partial charge < -0.3 is 10.6 Å². The molecule has 1 atom stereocenters. The molecule has 0 aliphatic heterocycles. The van der Waals surface area contributed by atoms with Gasteiger partial charge in [-0.05, 0) is 44.0 Å². The van der Waals surface area contributed by atoms with Crippen LogP contribution in [0.2, 0.25) is 0 Å². The van der Waals surface area contributed by atoms with E-state index in [0.717, 1.165) is 37.2 Å². The van der Waals surface area contributed by atoms with Gasteiger partial charge in [-0.3, -0.25) is 4.79 Å². The Hall–Kier alpha value is -1.00. The lowest BCUT2D eigenvalue weighted by molar-refractivity contribution is -0.118. The van der Waals surface area contributed by atoms with E-state index in [4.69, 9.17) is 0 Å². The zero-order valence-corrected chi connectivity index (χ0v) is 14.3. The third kappa shape index (κ3) is 7.53. The summed E-state index contributed by atoms with van der Waals surface area (Å²) in [6, 6.07) is 8.86. The summed E-state index contributed by atoms with van der Waals surface area (Å²) >= 11 is 1.59. The second kappa shape index (κ2) is 10.7. The molecule has 0 aliphatic rings. The molecule has 4 heteroatoms. The highest BCUT2D eigenvalue weighted by Crippen LogP contribution is 2.20. The van der Waals surface area contributed by atoms with Crippen LogP contribution in [0.4, 0.5) is 0 Å². The van der Waals surface area contributed by atoms with Crippen molar-refractivity contribution in [2.24, 2.45) is 0 Å². The van der Waals surface area contributed by atoms with E-state index < -0.39 is 0 Å². The molecule has 0 fully saturated rings. The highest BCUT2D eigenvalue weighted by molar-refractivity contribution is 8.00. The molecule has 0 radical (unpaired) electrons.